The van der Waals surface area contributed by atoms with E-state index in [1.807, 2.05) is 79.1 Å². The predicted molar refractivity (Wildman–Crippen MR) is 312 cm³/mol. The topological polar surface area (TPSA) is 266 Å². The number of likely N-dealkylation sites (N-methyl/N-ethyl adjacent to an activating group) is 2. The summed E-state index contributed by atoms with van der Waals surface area (Å²) in [7, 11) is 7.31. The lowest BCUT2D eigenvalue weighted by molar-refractivity contribution is -0.320. The Bertz CT molecular complexity index is 2590. The van der Waals surface area contributed by atoms with Crippen molar-refractivity contribution in [2.24, 2.45) is 17.8 Å². The van der Waals surface area contributed by atoms with Gasteiger partial charge < -0.3 is 87.5 Å². The van der Waals surface area contributed by atoms with Gasteiger partial charge in [-0.1, -0.05) is 32.4 Å². The number of aliphatic hydroxyl groups is 2. The second-order valence-electron chi connectivity index (χ2n) is 25.0. The molecule has 24 heteroatoms. The number of pyridine rings is 1. The van der Waals surface area contributed by atoms with Gasteiger partial charge >= 0.3 is 18.1 Å². The van der Waals surface area contributed by atoms with Crippen LogP contribution < -0.4 is 16.1 Å². The molecule has 1 aromatic carbocycles. The minimum absolute atomic E-state index is 0.150. The molecule has 1 unspecified atom stereocenters. The third kappa shape index (κ3) is 15.9. The molecule has 4 aliphatic heterocycles. The highest BCUT2D eigenvalue weighted by Crippen LogP contribution is 2.43. The fourth-order valence-electron chi connectivity index (χ4n) is 13.1. The Kier molecular flexibility index (Phi) is 23.4. The number of aromatic nitrogens is 1. The summed E-state index contributed by atoms with van der Waals surface area (Å²) in [6, 6.07) is 2.78. The van der Waals surface area contributed by atoms with Crippen LogP contribution >= 0.6 is 11.6 Å². The molecule has 84 heavy (non-hydrogen) atoms. The lowest BCUT2D eigenvalue weighted by Crippen LogP contribution is -2.61. The van der Waals surface area contributed by atoms with Crippen molar-refractivity contribution in [3.63, 3.8) is 0 Å². The molecule has 18 atom stereocenters. The van der Waals surface area contributed by atoms with Crippen molar-refractivity contribution in [1.29, 1.82) is 0 Å². The molecular formula is C60H96ClN5O18. The van der Waals surface area contributed by atoms with Crippen LogP contribution in [-0.2, 0) is 56.9 Å². The van der Waals surface area contributed by atoms with Gasteiger partial charge in [0.1, 0.15) is 23.9 Å². The lowest BCUT2D eigenvalue weighted by atomic mass is 9.77. The molecule has 7 rings (SSSR count). The van der Waals surface area contributed by atoms with Crippen LogP contribution in [0.1, 0.15) is 124 Å². The number of cyclic esters (lactones) is 1. The molecule has 476 valence electrons. The molecule has 5 fully saturated rings. The van der Waals surface area contributed by atoms with Gasteiger partial charge in [0, 0.05) is 75.3 Å². The molecule has 0 radical (unpaired) electrons. The number of esters is 1. The Morgan fingerprint density at radius 2 is 1.58 bits per heavy atom. The van der Waals surface area contributed by atoms with E-state index in [9.17, 15) is 34.5 Å². The maximum absolute atomic E-state index is 14.8. The number of aliphatic hydroxyl groups excluding tert-OH is 1. The highest BCUT2D eigenvalue weighted by atomic mass is 35.5. The number of benzene rings is 1. The molecule has 1 saturated carbocycles. The maximum Gasteiger partial charge on any atom is 0.509 e. The molecule has 5 heterocycles. The maximum atomic E-state index is 14.8. The summed E-state index contributed by atoms with van der Waals surface area (Å²) in [5.74, 6) is -3.85. The highest BCUT2D eigenvalue weighted by molar-refractivity contribution is 6.34. The number of aromatic carboxylic acids is 1. The van der Waals surface area contributed by atoms with E-state index in [0.717, 1.165) is 12.8 Å². The first-order valence-electron chi connectivity index (χ1n) is 30.0. The Morgan fingerprint density at radius 3 is 2.23 bits per heavy atom. The zero-order valence-corrected chi connectivity index (χ0v) is 52.5. The average Bonchev–Trinajstić information content (AvgIpc) is 3.14. The SMILES string of the molecule is CC[C@H]1OC(=O)[C@H](C)[C@@H](OC2C[C@@](C)(OC)[C@@H](OCCNCCOCCOCCNc3cc4c(=O)c(C(=O)O)cn(C5CC5)c4cc3Cl)[C@H](C)O2)[C@H](C)[C@@H](O[C@@H]2O[C@H](C)C[C@H](N(C)C)[C@H]2O)[C@](C)(O)C[C@@H](C)CN(C)[C@H](C)[C@@H]2OC(=O)O[C@]12C. The number of rotatable bonds is 23. The fraction of sp³-hybridized carbons (Fsp3) is 0.800. The Labute approximate surface area is 499 Å². The summed E-state index contributed by atoms with van der Waals surface area (Å²) < 4.78 is 71.1. The van der Waals surface area contributed by atoms with Crippen LogP contribution in [0, 0.1) is 17.8 Å². The molecule has 0 spiro atoms. The summed E-state index contributed by atoms with van der Waals surface area (Å²) in [4.78, 5) is 56.6. The third-order valence-electron chi connectivity index (χ3n) is 17.9. The molecule has 5 aliphatic rings. The molecule has 1 aromatic heterocycles. The Morgan fingerprint density at radius 1 is 0.905 bits per heavy atom. The van der Waals surface area contributed by atoms with Gasteiger partial charge in [-0.2, -0.15) is 0 Å². The molecule has 4 saturated heterocycles. The number of ether oxygens (including phenoxy) is 11. The highest BCUT2D eigenvalue weighted by Gasteiger charge is 2.58. The number of methoxy groups -OCH3 is 1. The zero-order chi connectivity index (χ0) is 61.6. The van der Waals surface area contributed by atoms with E-state index in [-0.39, 0.29) is 48.6 Å². The van der Waals surface area contributed by atoms with Crippen LogP contribution in [0.5, 0.6) is 0 Å². The second-order valence-corrected chi connectivity index (χ2v) is 25.4. The molecule has 23 nitrogen and oxygen atoms in total. The number of anilines is 1. The number of carbonyl (C=O) groups excluding carboxylic acids is 2. The van der Waals surface area contributed by atoms with Gasteiger partial charge in [-0.15, -0.1) is 0 Å². The summed E-state index contributed by atoms with van der Waals surface area (Å²) in [6.07, 6.45) is -4.68. The van der Waals surface area contributed by atoms with Crippen LogP contribution in [-0.4, -0.2) is 226 Å². The number of carbonyl (C=O) groups is 3. The molecule has 1 aliphatic carbocycles. The van der Waals surface area contributed by atoms with Crippen molar-refractivity contribution in [3.8, 4) is 0 Å². The fourth-order valence-corrected chi connectivity index (χ4v) is 13.3. The monoisotopic (exact) mass is 1210 g/mol. The standard InChI is InChI=1S/C60H96ClN5O18/c1-15-46-60(10)52(83-57(72)84-60)37(6)65(13)31-33(2)29-58(8,73)51(82-56-49(68)45(64(11)12)26-34(3)78-56)35(4)50(36(5)55(71)80-46)81-47-30-59(9,74-14)53(38(7)79-47)77-23-19-62-18-21-75-24-25-76-22-20-63-43-27-40-44(28-42(43)61)66(39-16-17-39)32-41(48(40)67)54(69)70/h27-28,32-39,45-47,49-53,56,62-63,68,73H,15-26,29-31H2,1-14H3,(H,69,70)/t33-,34-,35+,36-,37-,38+,45+,46-,47?,49-,50+,51-,52+,53+,56+,58-,59-,60-/m1/s1. The van der Waals surface area contributed by atoms with Crippen molar-refractivity contribution in [1.82, 2.24) is 19.7 Å². The summed E-state index contributed by atoms with van der Waals surface area (Å²) in [5, 5.41) is 41.6. The minimum Gasteiger partial charge on any atom is -0.477 e. The van der Waals surface area contributed by atoms with Gasteiger partial charge in [-0.25, -0.2) is 9.59 Å². The van der Waals surface area contributed by atoms with E-state index in [2.05, 4.69) is 15.5 Å². The number of carboxylic acid groups (broad SMARTS) is 1. The molecule has 5 N–H and O–H groups in total. The first-order valence-corrected chi connectivity index (χ1v) is 30.4. The summed E-state index contributed by atoms with van der Waals surface area (Å²) in [6.45, 7) is 22.3. The van der Waals surface area contributed by atoms with Gasteiger partial charge in [-0.3, -0.25) is 14.5 Å². The van der Waals surface area contributed by atoms with E-state index in [0.29, 0.717) is 93.7 Å². The zero-order valence-electron chi connectivity index (χ0n) is 51.8. The smallest absolute Gasteiger partial charge is 0.477 e. The number of hydrogen-bond donors (Lipinski definition) is 5. The minimum atomic E-state index is -1.59. The second kappa shape index (κ2) is 29.0. The average molecular weight is 1210 g/mol. The van der Waals surface area contributed by atoms with Crippen LogP contribution in [0.3, 0.4) is 0 Å². The molecule has 0 amide bonds. The molecular weight excluding hydrogens is 1110 g/mol. The largest absolute Gasteiger partial charge is 0.509 e. The quantitative estimate of drug-likeness (QED) is 0.0646. The van der Waals surface area contributed by atoms with Gasteiger partial charge in [0.15, 0.2) is 24.3 Å². The first-order chi connectivity index (χ1) is 39.6. The van der Waals surface area contributed by atoms with Crippen LogP contribution in [0.4, 0.5) is 10.5 Å². The predicted octanol–water partition coefficient (Wildman–Crippen LogP) is 5.84. The van der Waals surface area contributed by atoms with E-state index in [4.69, 9.17) is 63.7 Å². The first kappa shape index (κ1) is 67.7. The third-order valence-corrected chi connectivity index (χ3v) is 18.2. The van der Waals surface area contributed by atoms with Crippen LogP contribution in [0.2, 0.25) is 5.02 Å². The normalized spacial score (nSPS) is 36.6. The van der Waals surface area contributed by atoms with Crippen molar-refractivity contribution in [3.05, 3.63) is 39.1 Å². The van der Waals surface area contributed by atoms with Gasteiger partial charge in [-0.05, 0) is 120 Å². The molecule has 2 aromatic rings. The van der Waals surface area contributed by atoms with E-state index in [1.165, 1.54) is 6.20 Å². The van der Waals surface area contributed by atoms with Crippen LogP contribution in [0.25, 0.3) is 10.9 Å². The summed E-state index contributed by atoms with van der Waals surface area (Å²) >= 11 is 6.59. The Balaban J connectivity index is 0.952. The van der Waals surface area contributed by atoms with E-state index >= 15 is 0 Å². The lowest BCUT2D eigenvalue weighted by Gasteiger charge is -2.49. The molecule has 0 bridgehead atoms. The number of halogens is 1. The van der Waals surface area contributed by atoms with E-state index in [1.54, 1.807) is 40.0 Å². The number of carboxylic acids is 1. The van der Waals surface area contributed by atoms with Crippen molar-refractivity contribution >= 4 is 46.3 Å². The number of hydrogen-bond acceptors (Lipinski definition) is 21. The van der Waals surface area contributed by atoms with Crippen molar-refractivity contribution < 1.29 is 81.8 Å². The van der Waals surface area contributed by atoms with Gasteiger partial charge in [0.25, 0.3) is 0 Å². The summed E-state index contributed by atoms with van der Waals surface area (Å²) in [5.41, 5.74) is -3.55. The number of nitrogens with one attached hydrogen (secondary N) is 2. The van der Waals surface area contributed by atoms with Crippen molar-refractivity contribution in [2.45, 2.75) is 204 Å². The van der Waals surface area contributed by atoms with Crippen LogP contribution in [0.15, 0.2) is 23.1 Å². The Hall–Kier alpha value is -3.79. The van der Waals surface area contributed by atoms with Crippen molar-refractivity contribution in [2.75, 3.05) is 92.8 Å². The number of nitrogens with zero attached hydrogens (tertiary/aromatic N) is 3. The van der Waals surface area contributed by atoms with Gasteiger partial charge in [0.2, 0.25) is 5.43 Å². The number of fused-ring (bicyclic) bond motifs is 2. The van der Waals surface area contributed by atoms with E-state index < -0.39 is 107 Å². The van der Waals surface area contributed by atoms with Gasteiger partial charge in [0.05, 0.1) is 90.8 Å².